The summed E-state index contributed by atoms with van der Waals surface area (Å²) in [7, 11) is 0. The molecule has 0 fully saturated rings. The zero-order valence-corrected chi connectivity index (χ0v) is 10.4. The second-order valence-electron chi connectivity index (χ2n) is 3.56. The average Bonchev–Trinajstić information content (AvgIpc) is 2.15. The number of allylic oxidation sites excluding steroid dienone is 2. The Morgan fingerprint density at radius 3 is 2.71 bits per heavy atom. The van der Waals surface area contributed by atoms with Crippen molar-refractivity contribution < 1.29 is 4.79 Å². The molecule has 1 atom stereocenters. The zero-order chi connectivity index (χ0) is 10.8. The van der Waals surface area contributed by atoms with Gasteiger partial charge in [0.15, 0.2) is 5.12 Å². The molecule has 0 saturated heterocycles. The molecule has 0 aliphatic rings. The third-order valence-corrected chi connectivity index (χ3v) is 2.84. The maximum absolute atomic E-state index is 11.2. The Morgan fingerprint density at radius 2 is 2.14 bits per heavy atom. The van der Waals surface area contributed by atoms with Gasteiger partial charge in [0, 0.05) is 6.42 Å². The predicted molar refractivity (Wildman–Crippen MR) is 65.6 cm³/mol. The Labute approximate surface area is 92.3 Å². The normalized spacial score (nSPS) is 13.4. The highest BCUT2D eigenvalue weighted by Gasteiger charge is 1.98. The second kappa shape index (κ2) is 9.32. The lowest BCUT2D eigenvalue weighted by Crippen LogP contribution is -1.91. The molecule has 14 heavy (non-hydrogen) atoms. The monoisotopic (exact) mass is 214 g/mol. The summed E-state index contributed by atoms with van der Waals surface area (Å²) in [5.41, 5.74) is 0. The van der Waals surface area contributed by atoms with Gasteiger partial charge in [-0.15, -0.1) is 0 Å². The predicted octanol–water partition coefficient (Wildman–Crippen LogP) is 4.04. The van der Waals surface area contributed by atoms with E-state index in [1.165, 1.54) is 31.0 Å². The van der Waals surface area contributed by atoms with Gasteiger partial charge in [0.2, 0.25) is 0 Å². The largest absolute Gasteiger partial charge is 0.287 e. The van der Waals surface area contributed by atoms with Crippen molar-refractivity contribution in [3.63, 3.8) is 0 Å². The highest BCUT2D eigenvalue weighted by atomic mass is 32.2. The van der Waals surface area contributed by atoms with Crippen LogP contribution in [0.5, 0.6) is 0 Å². The van der Waals surface area contributed by atoms with E-state index in [-0.39, 0.29) is 5.12 Å². The molecule has 0 aromatic carbocycles. The maximum Gasteiger partial charge on any atom is 0.192 e. The molecule has 2 heteroatoms. The summed E-state index contributed by atoms with van der Waals surface area (Å²) in [5.74, 6) is 1.51. The first-order valence-electron chi connectivity index (χ1n) is 5.53. The van der Waals surface area contributed by atoms with Gasteiger partial charge >= 0.3 is 0 Å². The fraction of sp³-hybridized carbons (Fsp3) is 0.750. The van der Waals surface area contributed by atoms with E-state index in [1.807, 2.05) is 13.0 Å². The van der Waals surface area contributed by atoms with E-state index in [0.29, 0.717) is 12.3 Å². The minimum atomic E-state index is 0.284. The quantitative estimate of drug-likeness (QED) is 0.595. The van der Waals surface area contributed by atoms with E-state index >= 15 is 0 Å². The van der Waals surface area contributed by atoms with Gasteiger partial charge in [-0.25, -0.2) is 0 Å². The summed E-state index contributed by atoms with van der Waals surface area (Å²) >= 11 is 1.41. The number of rotatable bonds is 7. The molecule has 0 spiro atoms. The molecular formula is C12H22OS. The highest BCUT2D eigenvalue weighted by Crippen LogP contribution is 2.10. The number of unbranched alkanes of at least 4 members (excludes halogenated alkanes) is 1. The van der Waals surface area contributed by atoms with Crippen molar-refractivity contribution in [1.29, 1.82) is 0 Å². The SMILES string of the molecule is CCCCC(C)/C=C/CC(=O)SCC. The number of thioether (sulfide) groups is 1. The fourth-order valence-electron chi connectivity index (χ4n) is 1.24. The molecule has 0 bridgehead atoms. The third-order valence-electron chi connectivity index (χ3n) is 2.07. The fourth-order valence-corrected chi connectivity index (χ4v) is 1.77. The summed E-state index contributed by atoms with van der Waals surface area (Å²) in [6.07, 6.45) is 8.55. The molecule has 0 aromatic heterocycles. The van der Waals surface area contributed by atoms with Crippen molar-refractivity contribution in [2.75, 3.05) is 5.75 Å². The van der Waals surface area contributed by atoms with Crippen LogP contribution in [-0.4, -0.2) is 10.9 Å². The van der Waals surface area contributed by atoms with Crippen LogP contribution in [0.1, 0.15) is 46.5 Å². The van der Waals surface area contributed by atoms with Crippen molar-refractivity contribution >= 4 is 16.9 Å². The van der Waals surface area contributed by atoms with Crippen LogP contribution in [0, 0.1) is 5.92 Å². The number of hydrogen-bond donors (Lipinski definition) is 0. The highest BCUT2D eigenvalue weighted by molar-refractivity contribution is 8.13. The van der Waals surface area contributed by atoms with Gasteiger partial charge < -0.3 is 0 Å². The lowest BCUT2D eigenvalue weighted by Gasteiger charge is -2.03. The van der Waals surface area contributed by atoms with Crippen molar-refractivity contribution in [2.24, 2.45) is 5.92 Å². The lowest BCUT2D eigenvalue weighted by molar-refractivity contribution is -0.110. The first-order valence-corrected chi connectivity index (χ1v) is 6.51. The summed E-state index contributed by atoms with van der Waals surface area (Å²) < 4.78 is 0. The van der Waals surface area contributed by atoms with Gasteiger partial charge in [0.25, 0.3) is 0 Å². The molecule has 0 aliphatic carbocycles. The summed E-state index contributed by atoms with van der Waals surface area (Å²) in [6.45, 7) is 6.43. The Kier molecular flexibility index (Phi) is 9.16. The molecule has 0 radical (unpaired) electrons. The van der Waals surface area contributed by atoms with Crippen molar-refractivity contribution in [1.82, 2.24) is 0 Å². The third kappa shape index (κ3) is 8.36. The Morgan fingerprint density at radius 1 is 1.43 bits per heavy atom. The zero-order valence-electron chi connectivity index (χ0n) is 9.58. The molecule has 0 aliphatic heterocycles. The van der Waals surface area contributed by atoms with E-state index in [2.05, 4.69) is 19.9 Å². The summed E-state index contributed by atoms with van der Waals surface area (Å²) in [4.78, 5) is 11.2. The van der Waals surface area contributed by atoms with Gasteiger partial charge in [0.05, 0.1) is 0 Å². The van der Waals surface area contributed by atoms with Crippen LogP contribution < -0.4 is 0 Å². The molecular weight excluding hydrogens is 192 g/mol. The Hall–Kier alpha value is -0.240. The van der Waals surface area contributed by atoms with Crippen LogP contribution in [0.3, 0.4) is 0 Å². The van der Waals surface area contributed by atoms with E-state index in [9.17, 15) is 4.79 Å². The summed E-state index contributed by atoms with van der Waals surface area (Å²) in [6, 6.07) is 0. The lowest BCUT2D eigenvalue weighted by atomic mass is 10.0. The molecule has 0 rings (SSSR count). The average molecular weight is 214 g/mol. The van der Waals surface area contributed by atoms with E-state index in [0.717, 1.165) is 5.75 Å². The van der Waals surface area contributed by atoms with Gasteiger partial charge in [-0.2, -0.15) is 0 Å². The smallest absolute Gasteiger partial charge is 0.192 e. The van der Waals surface area contributed by atoms with Gasteiger partial charge in [-0.05, 0) is 18.1 Å². The van der Waals surface area contributed by atoms with Crippen molar-refractivity contribution in [3.05, 3.63) is 12.2 Å². The minimum Gasteiger partial charge on any atom is -0.287 e. The molecule has 82 valence electrons. The number of carbonyl (C=O) groups excluding carboxylic acids is 1. The molecule has 0 N–H and O–H groups in total. The van der Waals surface area contributed by atoms with E-state index in [1.54, 1.807) is 0 Å². The molecule has 0 heterocycles. The number of hydrogen-bond acceptors (Lipinski definition) is 2. The van der Waals surface area contributed by atoms with Crippen LogP contribution in [0.15, 0.2) is 12.2 Å². The van der Waals surface area contributed by atoms with Crippen molar-refractivity contribution in [2.45, 2.75) is 46.5 Å². The van der Waals surface area contributed by atoms with Crippen LogP contribution in [0.2, 0.25) is 0 Å². The Balaban J connectivity index is 3.55. The van der Waals surface area contributed by atoms with Gasteiger partial charge in [-0.1, -0.05) is 57.5 Å². The molecule has 0 saturated carbocycles. The standard InChI is InChI=1S/C12H22OS/c1-4-6-8-11(3)9-7-10-12(13)14-5-2/h7,9,11H,4-6,8,10H2,1-3H3/b9-7+. The molecule has 1 unspecified atom stereocenters. The Bertz CT molecular complexity index is 175. The number of carbonyl (C=O) groups is 1. The summed E-state index contributed by atoms with van der Waals surface area (Å²) in [5, 5.41) is 0.284. The van der Waals surface area contributed by atoms with E-state index in [4.69, 9.17) is 0 Å². The van der Waals surface area contributed by atoms with Gasteiger partial charge in [-0.3, -0.25) is 4.79 Å². The molecule has 1 nitrogen and oxygen atoms in total. The van der Waals surface area contributed by atoms with Crippen LogP contribution in [-0.2, 0) is 4.79 Å². The first kappa shape index (κ1) is 13.8. The minimum absolute atomic E-state index is 0.284. The maximum atomic E-state index is 11.2. The van der Waals surface area contributed by atoms with Crippen LogP contribution in [0.25, 0.3) is 0 Å². The van der Waals surface area contributed by atoms with Gasteiger partial charge in [0.1, 0.15) is 0 Å². The van der Waals surface area contributed by atoms with Crippen LogP contribution in [0.4, 0.5) is 0 Å². The topological polar surface area (TPSA) is 17.1 Å². The molecule has 0 amide bonds. The first-order chi connectivity index (χ1) is 6.70. The van der Waals surface area contributed by atoms with E-state index < -0.39 is 0 Å². The molecule has 0 aromatic rings. The second-order valence-corrected chi connectivity index (χ2v) is 4.88. The van der Waals surface area contributed by atoms with Crippen molar-refractivity contribution in [3.8, 4) is 0 Å². The van der Waals surface area contributed by atoms with Crippen LogP contribution >= 0.6 is 11.8 Å².